The van der Waals surface area contributed by atoms with Crippen molar-refractivity contribution in [3.8, 4) is 0 Å². The van der Waals surface area contributed by atoms with Crippen molar-refractivity contribution in [3.05, 3.63) is 71.5 Å². The van der Waals surface area contributed by atoms with E-state index in [1.165, 1.54) is 5.56 Å². The number of rotatable bonds is 4. The summed E-state index contributed by atoms with van der Waals surface area (Å²) in [5, 5.41) is 1.10. The van der Waals surface area contributed by atoms with Crippen LogP contribution in [-0.4, -0.2) is 5.78 Å². The molecule has 100 valence electrons. The lowest BCUT2D eigenvalue weighted by molar-refractivity contribution is 0.0981. The molecule has 0 aliphatic carbocycles. The van der Waals surface area contributed by atoms with Gasteiger partial charge in [-0.1, -0.05) is 42.0 Å². The van der Waals surface area contributed by atoms with Gasteiger partial charge in [-0.15, -0.1) is 0 Å². The minimum atomic E-state index is 0.155. The lowest BCUT2D eigenvalue weighted by Crippen LogP contribution is -2.00. The summed E-state index contributed by atoms with van der Waals surface area (Å²) >= 11 is 0. The van der Waals surface area contributed by atoms with Crippen LogP contribution in [0.15, 0.2) is 59.0 Å². The second kappa shape index (κ2) is 5.33. The number of carbonyl (C=O) groups excluding carboxylic acids is 1. The van der Waals surface area contributed by atoms with E-state index in [2.05, 4.69) is 13.0 Å². The smallest absolute Gasteiger partial charge is 0.163 e. The Morgan fingerprint density at radius 1 is 1.05 bits per heavy atom. The highest BCUT2D eigenvalue weighted by Crippen LogP contribution is 2.21. The third-order valence-corrected chi connectivity index (χ3v) is 3.42. The van der Waals surface area contributed by atoms with Gasteiger partial charge in [0.1, 0.15) is 11.3 Å². The van der Waals surface area contributed by atoms with E-state index in [9.17, 15) is 4.79 Å². The van der Waals surface area contributed by atoms with Crippen molar-refractivity contribution < 1.29 is 9.21 Å². The van der Waals surface area contributed by atoms with Gasteiger partial charge in [-0.05, 0) is 25.1 Å². The maximum atomic E-state index is 12.0. The highest BCUT2D eigenvalue weighted by atomic mass is 16.3. The highest BCUT2D eigenvalue weighted by molar-refractivity contribution is 5.96. The van der Waals surface area contributed by atoms with E-state index in [1.807, 2.05) is 48.5 Å². The molecule has 1 heterocycles. The average molecular weight is 264 g/mol. The van der Waals surface area contributed by atoms with Crippen LogP contribution in [0.25, 0.3) is 11.0 Å². The number of hydrogen-bond acceptors (Lipinski definition) is 2. The van der Waals surface area contributed by atoms with Crippen LogP contribution in [0, 0.1) is 6.92 Å². The summed E-state index contributed by atoms with van der Waals surface area (Å²) in [6.07, 6.45) is 1.12. The van der Waals surface area contributed by atoms with Crippen LogP contribution in [0.1, 0.15) is 28.1 Å². The van der Waals surface area contributed by atoms with E-state index < -0.39 is 0 Å². The Labute approximate surface area is 118 Å². The standard InChI is InChI=1S/C18H16O2/c1-13-7-10-18-15(11-13)12-16(20-18)8-9-17(19)14-5-3-2-4-6-14/h2-7,10-12H,8-9H2,1H3. The second-order valence-corrected chi connectivity index (χ2v) is 5.04. The molecule has 0 amide bonds. The molecular formula is C18H16O2. The molecule has 1 aromatic heterocycles. The molecule has 20 heavy (non-hydrogen) atoms. The maximum absolute atomic E-state index is 12.0. The lowest BCUT2D eigenvalue weighted by Gasteiger charge is -1.98. The first-order valence-corrected chi connectivity index (χ1v) is 6.80. The van der Waals surface area contributed by atoms with Gasteiger partial charge in [-0.3, -0.25) is 4.79 Å². The number of fused-ring (bicyclic) bond motifs is 1. The number of benzene rings is 2. The van der Waals surface area contributed by atoms with Crippen LogP contribution in [0.4, 0.5) is 0 Å². The molecule has 0 radical (unpaired) electrons. The maximum Gasteiger partial charge on any atom is 0.163 e. The Morgan fingerprint density at radius 3 is 2.65 bits per heavy atom. The predicted octanol–water partition coefficient (Wildman–Crippen LogP) is 4.56. The second-order valence-electron chi connectivity index (χ2n) is 5.04. The first kappa shape index (κ1) is 12.7. The van der Waals surface area contributed by atoms with Gasteiger partial charge in [0.25, 0.3) is 0 Å². The van der Waals surface area contributed by atoms with Crippen molar-refractivity contribution in [1.29, 1.82) is 0 Å². The monoisotopic (exact) mass is 264 g/mol. The van der Waals surface area contributed by atoms with Crippen LogP contribution in [0.3, 0.4) is 0 Å². The van der Waals surface area contributed by atoms with Gasteiger partial charge in [0.05, 0.1) is 0 Å². The molecule has 0 fully saturated rings. The summed E-state index contributed by atoms with van der Waals surface area (Å²) < 4.78 is 5.76. The minimum absolute atomic E-state index is 0.155. The zero-order valence-corrected chi connectivity index (χ0v) is 11.4. The Morgan fingerprint density at radius 2 is 1.85 bits per heavy atom. The summed E-state index contributed by atoms with van der Waals surface area (Å²) in [6.45, 7) is 2.06. The molecule has 0 saturated carbocycles. The summed E-state index contributed by atoms with van der Waals surface area (Å²) in [7, 11) is 0. The van der Waals surface area contributed by atoms with Crippen molar-refractivity contribution in [2.24, 2.45) is 0 Å². The fourth-order valence-corrected chi connectivity index (χ4v) is 2.35. The van der Waals surface area contributed by atoms with Crippen LogP contribution in [0.2, 0.25) is 0 Å². The third kappa shape index (κ3) is 2.64. The van der Waals surface area contributed by atoms with Crippen molar-refractivity contribution >= 4 is 16.8 Å². The van der Waals surface area contributed by atoms with Crippen LogP contribution in [-0.2, 0) is 6.42 Å². The van der Waals surface area contributed by atoms with Crippen LogP contribution < -0.4 is 0 Å². The molecule has 3 aromatic rings. The molecule has 0 aliphatic rings. The molecule has 0 spiro atoms. The van der Waals surface area contributed by atoms with Crippen molar-refractivity contribution in [1.82, 2.24) is 0 Å². The van der Waals surface area contributed by atoms with Gasteiger partial charge >= 0.3 is 0 Å². The zero-order chi connectivity index (χ0) is 13.9. The molecule has 2 heteroatoms. The molecule has 0 atom stereocenters. The van der Waals surface area contributed by atoms with E-state index in [1.54, 1.807) is 0 Å². The number of hydrogen-bond donors (Lipinski definition) is 0. The molecular weight excluding hydrogens is 248 g/mol. The normalized spacial score (nSPS) is 10.8. The summed E-state index contributed by atoms with van der Waals surface area (Å²) in [6, 6.07) is 17.5. The largest absolute Gasteiger partial charge is 0.461 e. The van der Waals surface area contributed by atoms with E-state index in [4.69, 9.17) is 4.42 Å². The van der Waals surface area contributed by atoms with Gasteiger partial charge in [-0.2, -0.15) is 0 Å². The number of Topliss-reactive ketones (excluding diaryl/α,β-unsaturated/α-hetero) is 1. The molecule has 0 aliphatic heterocycles. The minimum Gasteiger partial charge on any atom is -0.461 e. The summed E-state index contributed by atoms with van der Waals surface area (Å²) in [5.41, 5.74) is 2.86. The van der Waals surface area contributed by atoms with Crippen LogP contribution >= 0.6 is 0 Å². The van der Waals surface area contributed by atoms with Gasteiger partial charge in [0.2, 0.25) is 0 Å². The van der Waals surface area contributed by atoms with E-state index in [-0.39, 0.29) is 5.78 Å². The van der Waals surface area contributed by atoms with Gasteiger partial charge < -0.3 is 4.42 Å². The Balaban J connectivity index is 1.72. The molecule has 0 saturated heterocycles. The average Bonchev–Trinajstić information content (AvgIpc) is 2.87. The third-order valence-electron chi connectivity index (χ3n) is 3.42. The number of carbonyl (C=O) groups is 1. The predicted molar refractivity (Wildman–Crippen MR) is 80.0 cm³/mol. The number of ketones is 1. The van der Waals surface area contributed by atoms with E-state index in [0.29, 0.717) is 12.8 Å². The topological polar surface area (TPSA) is 30.2 Å². The summed E-state index contributed by atoms with van der Waals surface area (Å²) in [5.74, 6) is 1.03. The van der Waals surface area contributed by atoms with Crippen molar-refractivity contribution in [3.63, 3.8) is 0 Å². The fourth-order valence-electron chi connectivity index (χ4n) is 2.35. The first-order valence-electron chi connectivity index (χ1n) is 6.80. The molecule has 2 aromatic carbocycles. The number of furan rings is 1. The zero-order valence-electron chi connectivity index (χ0n) is 11.4. The van der Waals surface area contributed by atoms with E-state index in [0.717, 1.165) is 22.3 Å². The SMILES string of the molecule is Cc1ccc2oc(CCC(=O)c3ccccc3)cc2c1. The Kier molecular flexibility index (Phi) is 3.38. The van der Waals surface area contributed by atoms with Crippen LogP contribution in [0.5, 0.6) is 0 Å². The summed E-state index contributed by atoms with van der Waals surface area (Å²) in [4.78, 5) is 12.0. The van der Waals surface area contributed by atoms with Crippen molar-refractivity contribution in [2.45, 2.75) is 19.8 Å². The number of aryl methyl sites for hydroxylation is 2. The molecule has 0 bridgehead atoms. The Bertz CT molecular complexity index is 738. The highest BCUT2D eigenvalue weighted by Gasteiger charge is 2.08. The van der Waals surface area contributed by atoms with Crippen molar-refractivity contribution in [2.75, 3.05) is 0 Å². The molecule has 0 N–H and O–H groups in total. The fraction of sp³-hybridized carbons (Fsp3) is 0.167. The van der Waals surface area contributed by atoms with E-state index >= 15 is 0 Å². The van der Waals surface area contributed by atoms with Gasteiger partial charge in [0.15, 0.2) is 5.78 Å². The molecule has 3 rings (SSSR count). The van der Waals surface area contributed by atoms with Gasteiger partial charge in [-0.25, -0.2) is 0 Å². The molecule has 0 unspecified atom stereocenters. The lowest BCUT2D eigenvalue weighted by atomic mass is 10.1. The first-order chi connectivity index (χ1) is 9.72. The quantitative estimate of drug-likeness (QED) is 0.647. The Hall–Kier alpha value is -2.35. The molecule has 2 nitrogen and oxygen atoms in total. The van der Waals surface area contributed by atoms with Gasteiger partial charge in [0, 0.05) is 23.8 Å².